The van der Waals surface area contributed by atoms with Crippen molar-refractivity contribution >= 4 is 31.4 Å². The highest BCUT2D eigenvalue weighted by Crippen LogP contribution is 2.35. The van der Waals surface area contributed by atoms with Gasteiger partial charge in [-0.1, -0.05) is 24.3 Å². The molecule has 150 valence electrons. The van der Waals surface area contributed by atoms with Crippen LogP contribution in [0.5, 0.6) is 5.75 Å². The number of rotatable bonds is 6. The normalized spacial score (nSPS) is 17.3. The second kappa shape index (κ2) is 7.44. The van der Waals surface area contributed by atoms with Crippen molar-refractivity contribution in [1.82, 2.24) is 4.41 Å². The summed E-state index contributed by atoms with van der Waals surface area (Å²) in [6, 6.07) is 13.4. The van der Waals surface area contributed by atoms with Gasteiger partial charge in [0.25, 0.3) is 0 Å². The van der Waals surface area contributed by atoms with Crippen LogP contribution >= 0.6 is 0 Å². The highest BCUT2D eigenvalue weighted by molar-refractivity contribution is 7.92. The lowest BCUT2D eigenvalue weighted by Crippen LogP contribution is -2.25. The Hall–Kier alpha value is -2.59. The third-order valence-corrected chi connectivity index (χ3v) is 5.86. The summed E-state index contributed by atoms with van der Waals surface area (Å²) < 4.78 is 55.8. The Morgan fingerprint density at radius 1 is 1.00 bits per heavy atom. The van der Waals surface area contributed by atoms with Crippen LogP contribution in [0.3, 0.4) is 0 Å². The van der Waals surface area contributed by atoms with Crippen molar-refractivity contribution in [3.05, 3.63) is 59.7 Å². The zero-order valence-electron chi connectivity index (χ0n) is 15.7. The van der Waals surface area contributed by atoms with E-state index in [1.807, 2.05) is 12.1 Å². The molecule has 0 aromatic heterocycles. The van der Waals surface area contributed by atoms with Gasteiger partial charge in [0, 0.05) is 12.1 Å². The van der Waals surface area contributed by atoms with Gasteiger partial charge in [-0.05, 0) is 35.4 Å². The number of sulfonamides is 2. The van der Waals surface area contributed by atoms with Crippen LogP contribution in [0.2, 0.25) is 0 Å². The lowest BCUT2D eigenvalue weighted by Gasteiger charge is -2.21. The van der Waals surface area contributed by atoms with Crippen molar-refractivity contribution in [1.29, 1.82) is 0 Å². The van der Waals surface area contributed by atoms with Gasteiger partial charge in [-0.25, -0.2) is 16.8 Å². The summed E-state index contributed by atoms with van der Waals surface area (Å²) in [5, 5.41) is 4.33. The molecule has 0 amide bonds. The summed E-state index contributed by atoms with van der Waals surface area (Å²) in [4.78, 5) is 0. The van der Waals surface area contributed by atoms with Crippen molar-refractivity contribution in [2.24, 2.45) is 5.10 Å². The van der Waals surface area contributed by atoms with Crippen LogP contribution in [0.4, 0.5) is 5.69 Å². The van der Waals surface area contributed by atoms with E-state index in [-0.39, 0.29) is 0 Å². The van der Waals surface area contributed by atoms with Crippen LogP contribution in [0.1, 0.15) is 23.6 Å². The van der Waals surface area contributed by atoms with Crippen molar-refractivity contribution in [2.45, 2.75) is 12.5 Å². The molecule has 0 radical (unpaired) electrons. The fourth-order valence-electron chi connectivity index (χ4n) is 2.99. The van der Waals surface area contributed by atoms with E-state index in [1.165, 1.54) is 0 Å². The SMILES string of the molecule is COc1ccc([C@@H]2CC(c3ccc(NS(C)(=O)=O)cc3)=NN2S(C)(=O)=O)cc1. The summed E-state index contributed by atoms with van der Waals surface area (Å²) in [6.07, 6.45) is 2.60. The van der Waals surface area contributed by atoms with E-state index >= 15 is 0 Å². The lowest BCUT2D eigenvalue weighted by molar-refractivity contribution is 0.374. The quantitative estimate of drug-likeness (QED) is 0.767. The van der Waals surface area contributed by atoms with Crippen molar-refractivity contribution in [2.75, 3.05) is 24.3 Å². The highest BCUT2D eigenvalue weighted by Gasteiger charge is 2.34. The van der Waals surface area contributed by atoms with Crippen LogP contribution in [0.25, 0.3) is 0 Å². The zero-order valence-corrected chi connectivity index (χ0v) is 17.3. The molecule has 0 unspecified atom stereocenters. The molecular weight excluding hydrogens is 402 g/mol. The third-order valence-electron chi connectivity index (χ3n) is 4.23. The minimum Gasteiger partial charge on any atom is -0.497 e. The van der Waals surface area contributed by atoms with Crippen molar-refractivity contribution in [3.63, 3.8) is 0 Å². The maximum atomic E-state index is 12.2. The molecule has 2 aromatic carbocycles. The first-order valence-corrected chi connectivity index (χ1v) is 12.1. The lowest BCUT2D eigenvalue weighted by atomic mass is 9.99. The second-order valence-electron chi connectivity index (χ2n) is 6.53. The van der Waals surface area contributed by atoms with Gasteiger partial charge in [0.15, 0.2) is 0 Å². The standard InChI is InChI=1S/C18H21N3O5S2/c1-26-16-10-6-14(7-11-16)18-12-17(19-21(18)28(3,24)25)13-4-8-15(9-5-13)20-27(2,22)23/h4-11,18,20H,12H2,1-3H3/t18-/m0/s1. The Morgan fingerprint density at radius 3 is 2.11 bits per heavy atom. The van der Waals surface area contributed by atoms with Gasteiger partial charge in [0.2, 0.25) is 20.0 Å². The molecule has 1 aliphatic heterocycles. The largest absolute Gasteiger partial charge is 0.497 e. The Labute approximate surface area is 164 Å². The van der Waals surface area contributed by atoms with Gasteiger partial charge < -0.3 is 4.74 Å². The first-order valence-electron chi connectivity index (χ1n) is 8.36. The Bertz CT molecular complexity index is 1090. The van der Waals surface area contributed by atoms with Crippen LogP contribution in [0, 0.1) is 0 Å². The van der Waals surface area contributed by atoms with E-state index in [0.717, 1.165) is 28.1 Å². The third kappa shape index (κ3) is 4.63. The average Bonchev–Trinajstić information content (AvgIpc) is 3.07. The maximum Gasteiger partial charge on any atom is 0.247 e. The molecule has 10 heteroatoms. The fraction of sp³-hybridized carbons (Fsp3) is 0.278. The van der Waals surface area contributed by atoms with Gasteiger partial charge in [0.1, 0.15) is 5.75 Å². The number of hydrogen-bond donors (Lipinski definition) is 1. The molecule has 2 aromatic rings. The van der Waals surface area contributed by atoms with Crippen LogP contribution < -0.4 is 9.46 Å². The Kier molecular flexibility index (Phi) is 5.35. The van der Waals surface area contributed by atoms with Crippen molar-refractivity contribution in [3.8, 4) is 5.75 Å². The molecule has 0 spiro atoms. The number of hydrogen-bond acceptors (Lipinski definition) is 6. The van der Waals surface area contributed by atoms with E-state index in [2.05, 4.69) is 9.82 Å². The van der Waals surface area contributed by atoms with Gasteiger partial charge in [-0.15, -0.1) is 0 Å². The number of benzene rings is 2. The molecule has 1 N–H and O–H groups in total. The maximum absolute atomic E-state index is 12.2. The first-order chi connectivity index (χ1) is 13.1. The minimum atomic E-state index is -3.57. The van der Waals surface area contributed by atoms with Crippen molar-refractivity contribution < 1.29 is 21.6 Å². The molecule has 0 saturated carbocycles. The van der Waals surface area contributed by atoms with Crippen LogP contribution in [0.15, 0.2) is 53.6 Å². The number of nitrogens with one attached hydrogen (secondary N) is 1. The van der Waals surface area contributed by atoms with E-state index in [1.54, 1.807) is 43.5 Å². The van der Waals surface area contributed by atoms with E-state index in [0.29, 0.717) is 23.6 Å². The monoisotopic (exact) mass is 423 g/mol. The molecular formula is C18H21N3O5S2. The van der Waals surface area contributed by atoms with Gasteiger partial charge in [-0.2, -0.15) is 9.52 Å². The summed E-state index contributed by atoms with van der Waals surface area (Å²) in [5.41, 5.74) is 2.57. The predicted molar refractivity (Wildman–Crippen MR) is 108 cm³/mol. The highest BCUT2D eigenvalue weighted by atomic mass is 32.2. The zero-order chi connectivity index (χ0) is 20.5. The molecule has 1 atom stereocenters. The number of hydrazone groups is 1. The number of methoxy groups -OCH3 is 1. The first kappa shape index (κ1) is 20.2. The summed E-state index contributed by atoms with van der Waals surface area (Å²) in [7, 11) is -5.37. The predicted octanol–water partition coefficient (Wildman–Crippen LogP) is 2.18. The van der Waals surface area contributed by atoms with Gasteiger partial charge in [-0.3, -0.25) is 4.72 Å². The fourth-order valence-corrected chi connectivity index (χ4v) is 4.46. The minimum absolute atomic E-state index is 0.401. The number of ether oxygens (including phenoxy) is 1. The van der Waals surface area contributed by atoms with Gasteiger partial charge >= 0.3 is 0 Å². The van der Waals surface area contributed by atoms with Gasteiger partial charge in [0.05, 0.1) is 31.4 Å². The smallest absolute Gasteiger partial charge is 0.247 e. The average molecular weight is 424 g/mol. The molecule has 8 nitrogen and oxygen atoms in total. The Morgan fingerprint density at radius 2 is 1.61 bits per heavy atom. The van der Waals surface area contributed by atoms with Crippen LogP contribution in [-0.4, -0.2) is 46.6 Å². The molecule has 0 aliphatic carbocycles. The summed E-state index contributed by atoms with van der Waals surface area (Å²) in [6.45, 7) is 0. The second-order valence-corrected chi connectivity index (χ2v) is 10.1. The molecule has 1 heterocycles. The van der Waals surface area contributed by atoms with E-state index < -0.39 is 26.1 Å². The topological polar surface area (TPSA) is 105 Å². The van der Waals surface area contributed by atoms with Crippen LogP contribution in [-0.2, 0) is 20.0 Å². The molecule has 0 fully saturated rings. The number of anilines is 1. The molecule has 0 bridgehead atoms. The number of nitrogens with zero attached hydrogens (tertiary/aromatic N) is 2. The van der Waals surface area contributed by atoms with E-state index in [9.17, 15) is 16.8 Å². The summed E-state index contributed by atoms with van der Waals surface area (Å²) >= 11 is 0. The summed E-state index contributed by atoms with van der Waals surface area (Å²) in [5.74, 6) is 0.683. The molecule has 1 aliphatic rings. The molecule has 28 heavy (non-hydrogen) atoms. The molecule has 3 rings (SSSR count). The Balaban J connectivity index is 1.90. The van der Waals surface area contributed by atoms with E-state index in [4.69, 9.17) is 4.74 Å². The molecule has 0 saturated heterocycles.